The zero-order valence-corrected chi connectivity index (χ0v) is 42.2. The van der Waals surface area contributed by atoms with E-state index < -0.39 is 51.8 Å². The van der Waals surface area contributed by atoms with Gasteiger partial charge in [-0.25, -0.2) is 4.57 Å². The number of rotatable bonds is 52. The van der Waals surface area contributed by atoms with Crippen LogP contribution in [-0.4, -0.2) is 65.7 Å². The van der Waals surface area contributed by atoms with Crippen molar-refractivity contribution >= 4 is 19.8 Å². The second kappa shape index (κ2) is 48.9. The first-order valence-corrected chi connectivity index (χ1v) is 28.5. The van der Waals surface area contributed by atoms with E-state index in [1.54, 1.807) is 0 Å². The van der Waals surface area contributed by atoms with Gasteiger partial charge in [0.15, 0.2) is 6.10 Å². The van der Waals surface area contributed by atoms with Gasteiger partial charge in [0.25, 0.3) is 0 Å². The highest BCUT2D eigenvalue weighted by Crippen LogP contribution is 2.43. The van der Waals surface area contributed by atoms with Crippen LogP contribution in [0.5, 0.6) is 0 Å². The maximum atomic E-state index is 12.7. The fourth-order valence-electron chi connectivity index (χ4n) is 8.12. The number of aliphatic hydroxyl groups excluding tert-OH is 2. The predicted octanol–water partition coefficient (Wildman–Crippen LogP) is 15.4. The maximum Gasteiger partial charge on any atom is 0.472 e. The second-order valence-corrected chi connectivity index (χ2v) is 20.1. The molecular weight excluding hydrogens is 816 g/mol. The molecule has 0 spiro atoms. The van der Waals surface area contributed by atoms with E-state index in [1.165, 1.54) is 212 Å². The number of hydrogen-bond acceptors (Lipinski definition) is 9. The Labute approximate surface area is 388 Å². The van der Waals surface area contributed by atoms with Gasteiger partial charge in [-0.1, -0.05) is 258 Å². The molecule has 0 saturated carbocycles. The first kappa shape index (κ1) is 62.0. The van der Waals surface area contributed by atoms with E-state index >= 15 is 0 Å². The Morgan fingerprint density at radius 1 is 0.413 bits per heavy atom. The second-order valence-electron chi connectivity index (χ2n) is 18.6. The SMILES string of the molecule is CCCCCCCCCCCCCCCCCCCCCCCC(=O)OC[C@H](COP(=O)(O)OC[C@@H](O)CO)OC(=O)CCCCCCCCCCCCCCCCCCCCC. The molecule has 0 aromatic carbocycles. The zero-order valence-electron chi connectivity index (χ0n) is 41.3. The summed E-state index contributed by atoms with van der Waals surface area (Å²) in [6, 6.07) is 0. The molecular formula is C52H103O10P. The van der Waals surface area contributed by atoms with E-state index in [0.717, 1.165) is 32.1 Å². The average molecular weight is 919 g/mol. The van der Waals surface area contributed by atoms with Crippen molar-refractivity contribution in [3.8, 4) is 0 Å². The largest absolute Gasteiger partial charge is 0.472 e. The Morgan fingerprint density at radius 2 is 0.683 bits per heavy atom. The quantitative estimate of drug-likeness (QED) is 0.0306. The van der Waals surface area contributed by atoms with Gasteiger partial charge in [0.2, 0.25) is 0 Å². The molecule has 0 aromatic heterocycles. The van der Waals surface area contributed by atoms with E-state index in [1.807, 2.05) is 0 Å². The monoisotopic (exact) mass is 919 g/mol. The summed E-state index contributed by atoms with van der Waals surface area (Å²) in [5.41, 5.74) is 0. The van der Waals surface area contributed by atoms with Crippen LogP contribution in [0.3, 0.4) is 0 Å². The minimum Gasteiger partial charge on any atom is -0.462 e. The minimum absolute atomic E-state index is 0.193. The summed E-state index contributed by atoms with van der Waals surface area (Å²) in [6.07, 6.45) is 49.3. The molecule has 3 atom stereocenters. The van der Waals surface area contributed by atoms with Crippen LogP contribution in [0.2, 0.25) is 0 Å². The first-order valence-electron chi connectivity index (χ1n) is 27.0. The Morgan fingerprint density at radius 3 is 0.984 bits per heavy atom. The molecule has 376 valence electrons. The summed E-state index contributed by atoms with van der Waals surface area (Å²) in [7, 11) is -4.62. The van der Waals surface area contributed by atoms with Crippen LogP contribution in [-0.2, 0) is 32.7 Å². The third-order valence-electron chi connectivity index (χ3n) is 12.3. The fourth-order valence-corrected chi connectivity index (χ4v) is 8.91. The highest BCUT2D eigenvalue weighted by Gasteiger charge is 2.27. The van der Waals surface area contributed by atoms with Crippen molar-refractivity contribution in [2.45, 2.75) is 296 Å². The van der Waals surface area contributed by atoms with Gasteiger partial charge in [-0.2, -0.15) is 0 Å². The number of carbonyl (C=O) groups is 2. The highest BCUT2D eigenvalue weighted by molar-refractivity contribution is 7.47. The molecule has 0 radical (unpaired) electrons. The van der Waals surface area contributed by atoms with Crippen LogP contribution >= 0.6 is 7.82 Å². The van der Waals surface area contributed by atoms with Crippen molar-refractivity contribution in [3.05, 3.63) is 0 Å². The number of phosphoric ester groups is 1. The molecule has 10 nitrogen and oxygen atoms in total. The number of ether oxygens (including phenoxy) is 2. The van der Waals surface area contributed by atoms with E-state index in [-0.39, 0.29) is 19.4 Å². The molecule has 11 heteroatoms. The van der Waals surface area contributed by atoms with Crippen LogP contribution in [0.1, 0.15) is 284 Å². The maximum absolute atomic E-state index is 12.7. The van der Waals surface area contributed by atoms with Gasteiger partial charge < -0.3 is 24.6 Å². The number of aliphatic hydroxyl groups is 2. The van der Waals surface area contributed by atoms with Crippen molar-refractivity contribution < 1.29 is 47.8 Å². The van der Waals surface area contributed by atoms with Crippen LogP contribution in [0, 0.1) is 0 Å². The molecule has 0 heterocycles. The standard InChI is InChI=1S/C52H103O10P/c1-3-5-7-9-11-13-15-17-19-21-23-24-26-27-29-31-33-35-37-39-41-43-51(55)59-47-50(48-61-63(57,58)60-46-49(54)45-53)62-52(56)44-42-40-38-36-34-32-30-28-25-22-20-18-16-14-12-10-8-6-4-2/h49-50,53-54H,3-48H2,1-2H3,(H,57,58)/t49-,50+/m0/s1. The van der Waals surface area contributed by atoms with Gasteiger partial charge in [-0.05, 0) is 12.8 Å². The van der Waals surface area contributed by atoms with Crippen LogP contribution < -0.4 is 0 Å². The van der Waals surface area contributed by atoms with E-state index in [9.17, 15) is 24.2 Å². The third-order valence-corrected chi connectivity index (χ3v) is 13.2. The summed E-state index contributed by atoms with van der Waals surface area (Å²) < 4.78 is 32.9. The molecule has 0 amide bonds. The number of carbonyl (C=O) groups excluding carboxylic acids is 2. The van der Waals surface area contributed by atoms with Gasteiger partial charge in [-0.15, -0.1) is 0 Å². The Bertz CT molecular complexity index is 1010. The third kappa shape index (κ3) is 48.7. The summed E-state index contributed by atoms with van der Waals surface area (Å²) >= 11 is 0. The van der Waals surface area contributed by atoms with Crippen LogP contribution in [0.15, 0.2) is 0 Å². The lowest BCUT2D eigenvalue weighted by Crippen LogP contribution is -2.29. The van der Waals surface area contributed by atoms with Crippen molar-refractivity contribution in [2.75, 3.05) is 26.4 Å². The summed E-state index contributed by atoms with van der Waals surface area (Å²) in [4.78, 5) is 35.2. The van der Waals surface area contributed by atoms with Crippen LogP contribution in [0.25, 0.3) is 0 Å². The summed E-state index contributed by atoms with van der Waals surface area (Å²) in [6.45, 7) is 2.46. The predicted molar refractivity (Wildman–Crippen MR) is 261 cm³/mol. The number of phosphoric acid groups is 1. The Balaban J connectivity index is 4.09. The molecule has 0 aliphatic carbocycles. The molecule has 3 N–H and O–H groups in total. The van der Waals surface area contributed by atoms with Crippen molar-refractivity contribution in [1.82, 2.24) is 0 Å². The van der Waals surface area contributed by atoms with Crippen LogP contribution in [0.4, 0.5) is 0 Å². The molecule has 0 rings (SSSR count). The number of esters is 2. The molecule has 63 heavy (non-hydrogen) atoms. The number of hydrogen-bond donors (Lipinski definition) is 3. The van der Waals surface area contributed by atoms with Gasteiger partial charge in [0, 0.05) is 12.8 Å². The Hall–Kier alpha value is -1.03. The van der Waals surface area contributed by atoms with Gasteiger partial charge in [0.05, 0.1) is 19.8 Å². The van der Waals surface area contributed by atoms with Gasteiger partial charge >= 0.3 is 19.8 Å². The lowest BCUT2D eigenvalue weighted by atomic mass is 10.0. The molecule has 0 aromatic rings. The van der Waals surface area contributed by atoms with Crippen molar-refractivity contribution in [1.29, 1.82) is 0 Å². The average Bonchev–Trinajstić information content (AvgIpc) is 3.27. The topological polar surface area (TPSA) is 149 Å². The van der Waals surface area contributed by atoms with E-state index in [4.69, 9.17) is 23.6 Å². The molecule has 0 bridgehead atoms. The molecule has 0 aliphatic rings. The normalized spacial score (nSPS) is 13.5. The highest BCUT2D eigenvalue weighted by atomic mass is 31.2. The zero-order chi connectivity index (χ0) is 46.2. The molecule has 0 saturated heterocycles. The molecule has 1 unspecified atom stereocenters. The smallest absolute Gasteiger partial charge is 0.462 e. The molecule has 0 fully saturated rings. The van der Waals surface area contributed by atoms with Gasteiger partial charge in [0.1, 0.15) is 12.7 Å². The summed E-state index contributed by atoms with van der Waals surface area (Å²) in [5, 5.41) is 18.4. The van der Waals surface area contributed by atoms with Crippen molar-refractivity contribution in [2.24, 2.45) is 0 Å². The molecule has 0 aliphatic heterocycles. The fraction of sp³-hybridized carbons (Fsp3) is 0.962. The van der Waals surface area contributed by atoms with E-state index in [2.05, 4.69) is 13.8 Å². The number of unbranched alkanes of at least 4 members (excludes halogenated alkanes) is 38. The van der Waals surface area contributed by atoms with Crippen molar-refractivity contribution in [3.63, 3.8) is 0 Å². The van der Waals surface area contributed by atoms with Gasteiger partial charge in [-0.3, -0.25) is 18.6 Å². The summed E-state index contributed by atoms with van der Waals surface area (Å²) in [5.74, 6) is -0.900. The van der Waals surface area contributed by atoms with E-state index in [0.29, 0.717) is 12.8 Å². The first-order chi connectivity index (χ1) is 30.7. The lowest BCUT2D eigenvalue weighted by Gasteiger charge is -2.20. The Kier molecular flexibility index (Phi) is 48.1. The minimum atomic E-state index is -4.62. The lowest BCUT2D eigenvalue weighted by molar-refractivity contribution is -0.161.